The van der Waals surface area contributed by atoms with Crippen molar-refractivity contribution < 1.29 is 14.3 Å². The molecule has 94 valence electrons. The predicted molar refractivity (Wildman–Crippen MR) is 66.7 cm³/mol. The zero-order valence-electron chi connectivity index (χ0n) is 10.5. The van der Waals surface area contributed by atoms with E-state index in [0.717, 1.165) is 0 Å². The standard InChI is InChI=1S/C13H19NO3/c1-9(8-14)6-12(15)11-5-4-10(16-2)7-13(11)17-3/h4-5,7,9H,6,8,14H2,1-3H3. The molecular weight excluding hydrogens is 218 g/mol. The molecule has 0 saturated carbocycles. The van der Waals surface area contributed by atoms with Gasteiger partial charge in [-0.05, 0) is 24.6 Å². The van der Waals surface area contributed by atoms with Crippen molar-refractivity contribution in [2.45, 2.75) is 13.3 Å². The Kier molecular flexibility index (Phi) is 4.97. The maximum absolute atomic E-state index is 12.0. The number of ketones is 1. The third-order valence-corrected chi connectivity index (χ3v) is 2.65. The number of rotatable bonds is 6. The Morgan fingerprint density at radius 3 is 2.59 bits per heavy atom. The average Bonchev–Trinajstić information content (AvgIpc) is 2.37. The third kappa shape index (κ3) is 3.46. The molecule has 0 spiro atoms. The molecule has 0 radical (unpaired) electrons. The first-order valence-electron chi connectivity index (χ1n) is 5.57. The van der Waals surface area contributed by atoms with Gasteiger partial charge in [-0.3, -0.25) is 4.79 Å². The van der Waals surface area contributed by atoms with Crippen LogP contribution in [-0.2, 0) is 0 Å². The predicted octanol–water partition coefficient (Wildman–Crippen LogP) is 1.87. The Bertz CT molecular complexity index is 390. The SMILES string of the molecule is COc1ccc(C(=O)CC(C)CN)c(OC)c1. The molecule has 0 heterocycles. The van der Waals surface area contributed by atoms with Crippen LogP contribution in [0.5, 0.6) is 11.5 Å². The molecule has 2 N–H and O–H groups in total. The molecule has 0 amide bonds. The fourth-order valence-electron chi connectivity index (χ4n) is 1.54. The van der Waals surface area contributed by atoms with Crippen molar-refractivity contribution in [1.29, 1.82) is 0 Å². The van der Waals surface area contributed by atoms with Gasteiger partial charge in [-0.25, -0.2) is 0 Å². The van der Waals surface area contributed by atoms with Gasteiger partial charge in [0.15, 0.2) is 5.78 Å². The second-order valence-corrected chi connectivity index (χ2v) is 4.03. The van der Waals surface area contributed by atoms with Crippen LogP contribution in [0.25, 0.3) is 0 Å². The van der Waals surface area contributed by atoms with E-state index in [0.29, 0.717) is 30.0 Å². The highest BCUT2D eigenvalue weighted by molar-refractivity contribution is 5.99. The van der Waals surface area contributed by atoms with Crippen molar-refractivity contribution in [3.63, 3.8) is 0 Å². The largest absolute Gasteiger partial charge is 0.497 e. The first-order chi connectivity index (χ1) is 8.12. The number of methoxy groups -OCH3 is 2. The van der Waals surface area contributed by atoms with Crippen LogP contribution in [0.4, 0.5) is 0 Å². The highest BCUT2D eigenvalue weighted by Gasteiger charge is 2.15. The van der Waals surface area contributed by atoms with Crippen molar-refractivity contribution in [2.24, 2.45) is 11.7 Å². The molecule has 1 aromatic rings. The number of carbonyl (C=O) groups is 1. The molecular formula is C13H19NO3. The molecule has 4 heteroatoms. The van der Waals surface area contributed by atoms with Crippen LogP contribution in [0.1, 0.15) is 23.7 Å². The molecule has 0 aliphatic carbocycles. The maximum Gasteiger partial charge on any atom is 0.166 e. The molecule has 0 aliphatic rings. The minimum Gasteiger partial charge on any atom is -0.497 e. The van der Waals surface area contributed by atoms with Gasteiger partial charge in [-0.1, -0.05) is 6.92 Å². The molecule has 0 bridgehead atoms. The highest BCUT2D eigenvalue weighted by Crippen LogP contribution is 2.26. The van der Waals surface area contributed by atoms with Gasteiger partial charge in [0.1, 0.15) is 11.5 Å². The van der Waals surface area contributed by atoms with Crippen LogP contribution in [0.3, 0.4) is 0 Å². The lowest BCUT2D eigenvalue weighted by Gasteiger charge is -2.11. The maximum atomic E-state index is 12.0. The van der Waals surface area contributed by atoms with E-state index in [9.17, 15) is 4.79 Å². The summed E-state index contributed by atoms with van der Waals surface area (Å²) in [6, 6.07) is 5.19. The van der Waals surface area contributed by atoms with Crippen LogP contribution >= 0.6 is 0 Å². The number of benzene rings is 1. The van der Waals surface area contributed by atoms with Crippen LogP contribution in [-0.4, -0.2) is 26.5 Å². The highest BCUT2D eigenvalue weighted by atomic mass is 16.5. The summed E-state index contributed by atoms with van der Waals surface area (Å²) in [4.78, 5) is 12.0. The number of ether oxygens (including phenoxy) is 2. The number of hydrogen-bond donors (Lipinski definition) is 1. The van der Waals surface area contributed by atoms with E-state index < -0.39 is 0 Å². The fraction of sp³-hybridized carbons (Fsp3) is 0.462. The molecule has 0 fully saturated rings. The van der Waals surface area contributed by atoms with Gasteiger partial charge in [-0.15, -0.1) is 0 Å². The van der Waals surface area contributed by atoms with E-state index in [1.807, 2.05) is 6.92 Å². The Labute approximate surface area is 102 Å². The first kappa shape index (κ1) is 13.5. The van der Waals surface area contributed by atoms with Crippen LogP contribution in [0, 0.1) is 5.92 Å². The fourth-order valence-corrected chi connectivity index (χ4v) is 1.54. The zero-order chi connectivity index (χ0) is 12.8. The Balaban J connectivity index is 2.93. The van der Waals surface area contributed by atoms with Gasteiger partial charge >= 0.3 is 0 Å². The quantitative estimate of drug-likeness (QED) is 0.767. The van der Waals surface area contributed by atoms with E-state index >= 15 is 0 Å². The summed E-state index contributed by atoms with van der Waals surface area (Å²) in [5.74, 6) is 1.43. The summed E-state index contributed by atoms with van der Waals surface area (Å²) >= 11 is 0. The molecule has 4 nitrogen and oxygen atoms in total. The van der Waals surface area contributed by atoms with Crippen LogP contribution in [0.2, 0.25) is 0 Å². The number of nitrogens with two attached hydrogens (primary N) is 1. The average molecular weight is 237 g/mol. The van der Waals surface area contributed by atoms with E-state index in [1.54, 1.807) is 25.3 Å². The molecule has 1 aromatic carbocycles. The first-order valence-corrected chi connectivity index (χ1v) is 5.57. The van der Waals surface area contributed by atoms with E-state index in [2.05, 4.69) is 0 Å². The van der Waals surface area contributed by atoms with Gasteiger partial charge in [0.2, 0.25) is 0 Å². The summed E-state index contributed by atoms with van der Waals surface area (Å²) in [5, 5.41) is 0. The van der Waals surface area contributed by atoms with E-state index in [4.69, 9.17) is 15.2 Å². The monoisotopic (exact) mass is 237 g/mol. The number of Topliss-reactive ketones (excluding diaryl/α,β-unsaturated/α-hetero) is 1. The summed E-state index contributed by atoms with van der Waals surface area (Å²) < 4.78 is 10.3. The molecule has 0 aliphatic heterocycles. The van der Waals surface area contributed by atoms with Crippen molar-refractivity contribution in [3.8, 4) is 11.5 Å². The lowest BCUT2D eigenvalue weighted by Crippen LogP contribution is -2.15. The second kappa shape index (κ2) is 6.25. The van der Waals surface area contributed by atoms with Crippen LogP contribution in [0.15, 0.2) is 18.2 Å². The van der Waals surface area contributed by atoms with Gasteiger partial charge in [0.25, 0.3) is 0 Å². The lowest BCUT2D eigenvalue weighted by molar-refractivity contribution is 0.0963. The van der Waals surface area contributed by atoms with Gasteiger partial charge in [-0.2, -0.15) is 0 Å². The third-order valence-electron chi connectivity index (χ3n) is 2.65. The van der Waals surface area contributed by atoms with Gasteiger partial charge in [0.05, 0.1) is 19.8 Å². The van der Waals surface area contributed by atoms with Gasteiger partial charge < -0.3 is 15.2 Å². The zero-order valence-corrected chi connectivity index (χ0v) is 10.5. The molecule has 1 rings (SSSR count). The Hall–Kier alpha value is -1.55. The van der Waals surface area contributed by atoms with Crippen LogP contribution < -0.4 is 15.2 Å². The summed E-state index contributed by atoms with van der Waals surface area (Å²) in [5.41, 5.74) is 6.09. The van der Waals surface area contributed by atoms with E-state index in [-0.39, 0.29) is 11.7 Å². The molecule has 0 aromatic heterocycles. The second-order valence-electron chi connectivity index (χ2n) is 4.03. The topological polar surface area (TPSA) is 61.5 Å². The normalized spacial score (nSPS) is 12.0. The van der Waals surface area contributed by atoms with Crippen molar-refractivity contribution in [1.82, 2.24) is 0 Å². The number of hydrogen-bond acceptors (Lipinski definition) is 4. The summed E-state index contributed by atoms with van der Waals surface area (Å²) in [6.45, 7) is 2.46. The molecule has 0 saturated heterocycles. The van der Waals surface area contributed by atoms with E-state index in [1.165, 1.54) is 7.11 Å². The van der Waals surface area contributed by atoms with Crippen molar-refractivity contribution >= 4 is 5.78 Å². The summed E-state index contributed by atoms with van der Waals surface area (Å²) in [6.07, 6.45) is 0.430. The summed E-state index contributed by atoms with van der Waals surface area (Å²) in [7, 11) is 3.12. The molecule has 17 heavy (non-hydrogen) atoms. The van der Waals surface area contributed by atoms with Crippen molar-refractivity contribution in [2.75, 3.05) is 20.8 Å². The molecule has 1 atom stereocenters. The lowest BCUT2D eigenvalue weighted by atomic mass is 9.99. The minimum atomic E-state index is 0.0439. The minimum absolute atomic E-state index is 0.0439. The number of carbonyl (C=O) groups excluding carboxylic acids is 1. The molecule has 1 unspecified atom stereocenters. The Morgan fingerprint density at radius 1 is 1.35 bits per heavy atom. The van der Waals surface area contributed by atoms with Gasteiger partial charge in [0, 0.05) is 12.5 Å². The smallest absolute Gasteiger partial charge is 0.166 e. The van der Waals surface area contributed by atoms with Crippen molar-refractivity contribution in [3.05, 3.63) is 23.8 Å². The Morgan fingerprint density at radius 2 is 2.06 bits per heavy atom.